The molecule has 0 aromatic heterocycles. The molecule has 1 aliphatic rings. The number of halogens is 1. The summed E-state index contributed by atoms with van der Waals surface area (Å²) in [5.74, 6) is -0.0729. The molecule has 2 aromatic carbocycles. The van der Waals surface area contributed by atoms with Crippen molar-refractivity contribution in [1.82, 2.24) is 10.2 Å². The predicted molar refractivity (Wildman–Crippen MR) is 99.9 cm³/mol. The largest absolute Gasteiger partial charge is 0.379 e. The van der Waals surface area contributed by atoms with E-state index in [-0.39, 0.29) is 11.9 Å². The van der Waals surface area contributed by atoms with E-state index in [0.717, 1.165) is 44.0 Å². The van der Waals surface area contributed by atoms with E-state index in [1.807, 2.05) is 49.4 Å². The van der Waals surface area contributed by atoms with Gasteiger partial charge in [-0.25, -0.2) is 0 Å². The van der Waals surface area contributed by atoms with Crippen LogP contribution < -0.4 is 5.32 Å². The summed E-state index contributed by atoms with van der Waals surface area (Å²) < 4.78 is 5.38. The van der Waals surface area contributed by atoms with Gasteiger partial charge in [-0.15, -0.1) is 0 Å². The molecule has 1 atom stereocenters. The molecule has 0 saturated carbocycles. The Morgan fingerprint density at radius 1 is 1.20 bits per heavy atom. The molecule has 0 radical (unpaired) electrons. The highest BCUT2D eigenvalue weighted by atomic mass is 35.5. The Balaban J connectivity index is 1.64. The van der Waals surface area contributed by atoms with Crippen LogP contribution in [0.4, 0.5) is 0 Å². The van der Waals surface area contributed by atoms with Gasteiger partial charge in [0, 0.05) is 30.2 Å². The van der Waals surface area contributed by atoms with Gasteiger partial charge in [0.1, 0.15) is 0 Å². The Bertz CT molecular complexity index is 729. The van der Waals surface area contributed by atoms with E-state index in [9.17, 15) is 4.79 Å². The van der Waals surface area contributed by atoms with Gasteiger partial charge in [-0.2, -0.15) is 0 Å². The summed E-state index contributed by atoms with van der Waals surface area (Å²) >= 11 is 6.03. The van der Waals surface area contributed by atoms with Crippen molar-refractivity contribution in [1.29, 1.82) is 0 Å². The summed E-state index contributed by atoms with van der Waals surface area (Å²) in [5.41, 5.74) is 2.81. The molecule has 2 aromatic rings. The monoisotopic (exact) mass is 358 g/mol. The van der Waals surface area contributed by atoms with Gasteiger partial charge in [0.2, 0.25) is 0 Å². The first-order chi connectivity index (χ1) is 12.1. The number of morpholine rings is 1. The minimum absolute atomic E-state index is 0.0729. The number of rotatable bonds is 5. The number of ether oxygens (including phenoxy) is 1. The van der Waals surface area contributed by atoms with Gasteiger partial charge in [0.05, 0.1) is 19.3 Å². The lowest BCUT2D eigenvalue weighted by molar-refractivity contribution is 0.0342. The highest BCUT2D eigenvalue weighted by Crippen LogP contribution is 2.18. The summed E-state index contributed by atoms with van der Waals surface area (Å²) in [4.78, 5) is 14.9. The van der Waals surface area contributed by atoms with Crippen molar-refractivity contribution in [2.24, 2.45) is 0 Å². The lowest BCUT2D eigenvalue weighted by Gasteiger charge is -2.26. The first-order valence-electron chi connectivity index (χ1n) is 8.57. The van der Waals surface area contributed by atoms with Crippen LogP contribution >= 0.6 is 11.6 Å². The Morgan fingerprint density at radius 3 is 2.72 bits per heavy atom. The molecule has 1 N–H and O–H groups in total. The smallest absolute Gasteiger partial charge is 0.251 e. The third-order valence-electron chi connectivity index (χ3n) is 4.40. The topological polar surface area (TPSA) is 41.6 Å². The van der Waals surface area contributed by atoms with Crippen LogP contribution in [0.25, 0.3) is 0 Å². The summed E-state index contributed by atoms with van der Waals surface area (Å²) in [7, 11) is 0. The Hall–Kier alpha value is -1.88. The first-order valence-corrected chi connectivity index (χ1v) is 8.95. The molecule has 0 aliphatic carbocycles. The molecule has 1 amide bonds. The molecule has 1 saturated heterocycles. The molecular formula is C20H23ClN2O2. The number of benzene rings is 2. The van der Waals surface area contributed by atoms with Crippen LogP contribution in [0.3, 0.4) is 0 Å². The maximum absolute atomic E-state index is 12.6. The first kappa shape index (κ1) is 17.9. The van der Waals surface area contributed by atoms with Gasteiger partial charge in [0.15, 0.2) is 0 Å². The molecule has 25 heavy (non-hydrogen) atoms. The Labute approximate surface area is 153 Å². The lowest BCUT2D eigenvalue weighted by Crippen LogP contribution is -2.35. The molecule has 0 bridgehead atoms. The van der Waals surface area contributed by atoms with E-state index in [1.54, 1.807) is 0 Å². The number of amides is 1. The van der Waals surface area contributed by atoms with Crippen molar-refractivity contribution in [3.63, 3.8) is 0 Å². The van der Waals surface area contributed by atoms with Crippen molar-refractivity contribution in [2.75, 3.05) is 26.3 Å². The molecule has 0 unspecified atom stereocenters. The standard InChI is InChI=1S/C20H23ClN2O2/c1-15(17-5-3-7-19(21)13-17)22-20(24)18-6-2-4-16(12-18)14-23-8-10-25-11-9-23/h2-7,12-13,15H,8-11,14H2,1H3,(H,22,24)/t15-/m1/s1. The highest BCUT2D eigenvalue weighted by molar-refractivity contribution is 6.30. The molecule has 0 spiro atoms. The molecular weight excluding hydrogens is 336 g/mol. The van der Waals surface area contributed by atoms with Gasteiger partial charge < -0.3 is 10.1 Å². The molecule has 3 rings (SSSR count). The summed E-state index contributed by atoms with van der Waals surface area (Å²) in [6.07, 6.45) is 0. The quantitative estimate of drug-likeness (QED) is 0.886. The van der Waals surface area contributed by atoms with E-state index in [2.05, 4.69) is 16.3 Å². The number of nitrogens with one attached hydrogen (secondary N) is 1. The zero-order chi connectivity index (χ0) is 17.6. The number of nitrogens with zero attached hydrogens (tertiary/aromatic N) is 1. The van der Waals surface area contributed by atoms with Gasteiger partial charge in [-0.05, 0) is 42.3 Å². The van der Waals surface area contributed by atoms with Crippen molar-refractivity contribution in [3.05, 3.63) is 70.2 Å². The van der Waals surface area contributed by atoms with Crippen LogP contribution in [0.2, 0.25) is 5.02 Å². The molecule has 132 valence electrons. The van der Waals surface area contributed by atoms with Gasteiger partial charge in [-0.3, -0.25) is 9.69 Å². The highest BCUT2D eigenvalue weighted by Gasteiger charge is 2.14. The maximum Gasteiger partial charge on any atom is 0.251 e. The van der Waals surface area contributed by atoms with Crippen LogP contribution in [0.1, 0.15) is 34.5 Å². The predicted octanol–water partition coefficient (Wildman–Crippen LogP) is 3.66. The SMILES string of the molecule is C[C@@H](NC(=O)c1cccc(CN2CCOCC2)c1)c1cccc(Cl)c1. The molecule has 1 heterocycles. The fraction of sp³-hybridized carbons (Fsp3) is 0.350. The van der Waals surface area contributed by atoms with E-state index in [4.69, 9.17) is 16.3 Å². The second-order valence-corrected chi connectivity index (χ2v) is 6.78. The average molecular weight is 359 g/mol. The number of carbonyl (C=O) groups is 1. The minimum atomic E-state index is -0.103. The van der Waals surface area contributed by atoms with Gasteiger partial charge in [0.25, 0.3) is 5.91 Å². The maximum atomic E-state index is 12.6. The number of carbonyl (C=O) groups excluding carboxylic acids is 1. The van der Waals surface area contributed by atoms with E-state index < -0.39 is 0 Å². The van der Waals surface area contributed by atoms with Gasteiger partial charge in [-0.1, -0.05) is 35.9 Å². The molecule has 5 heteroatoms. The van der Waals surface area contributed by atoms with Crippen molar-refractivity contribution < 1.29 is 9.53 Å². The summed E-state index contributed by atoms with van der Waals surface area (Å²) in [5, 5.41) is 3.71. The second-order valence-electron chi connectivity index (χ2n) is 6.34. The number of hydrogen-bond donors (Lipinski definition) is 1. The van der Waals surface area contributed by atoms with Crippen LogP contribution in [-0.2, 0) is 11.3 Å². The molecule has 1 aliphatic heterocycles. The van der Waals surface area contributed by atoms with Crippen molar-refractivity contribution in [3.8, 4) is 0 Å². The fourth-order valence-corrected chi connectivity index (χ4v) is 3.17. The average Bonchev–Trinajstić information content (AvgIpc) is 2.63. The van der Waals surface area contributed by atoms with Crippen LogP contribution in [-0.4, -0.2) is 37.1 Å². The van der Waals surface area contributed by atoms with E-state index >= 15 is 0 Å². The summed E-state index contributed by atoms with van der Waals surface area (Å²) in [6, 6.07) is 15.3. The Morgan fingerprint density at radius 2 is 1.96 bits per heavy atom. The Kier molecular flexibility index (Phi) is 6.08. The normalized spacial score (nSPS) is 16.4. The molecule has 4 nitrogen and oxygen atoms in total. The van der Waals surface area contributed by atoms with Gasteiger partial charge >= 0.3 is 0 Å². The molecule has 1 fully saturated rings. The van der Waals surface area contributed by atoms with E-state index in [1.165, 1.54) is 0 Å². The minimum Gasteiger partial charge on any atom is -0.379 e. The van der Waals surface area contributed by atoms with E-state index in [0.29, 0.717) is 10.6 Å². The second kappa shape index (κ2) is 8.48. The number of hydrogen-bond acceptors (Lipinski definition) is 3. The van der Waals surface area contributed by atoms with Crippen LogP contribution in [0.5, 0.6) is 0 Å². The van der Waals surface area contributed by atoms with Crippen molar-refractivity contribution in [2.45, 2.75) is 19.5 Å². The lowest BCUT2D eigenvalue weighted by atomic mass is 10.1. The third kappa shape index (κ3) is 5.05. The fourth-order valence-electron chi connectivity index (χ4n) is 2.97. The van der Waals surface area contributed by atoms with Crippen LogP contribution in [0, 0.1) is 0 Å². The summed E-state index contributed by atoms with van der Waals surface area (Å²) in [6.45, 7) is 6.22. The zero-order valence-electron chi connectivity index (χ0n) is 14.4. The third-order valence-corrected chi connectivity index (χ3v) is 4.63. The van der Waals surface area contributed by atoms with Crippen LogP contribution in [0.15, 0.2) is 48.5 Å². The van der Waals surface area contributed by atoms with Crippen molar-refractivity contribution >= 4 is 17.5 Å². The zero-order valence-corrected chi connectivity index (χ0v) is 15.1.